The van der Waals surface area contributed by atoms with Crippen LogP contribution >= 0.6 is 11.3 Å². The summed E-state index contributed by atoms with van der Waals surface area (Å²) in [4.78, 5) is 5.36. The third-order valence-electron chi connectivity index (χ3n) is 3.39. The molecular weight excluding hydrogens is 334 g/mol. The first kappa shape index (κ1) is 17.0. The molecule has 0 atom stereocenters. The summed E-state index contributed by atoms with van der Waals surface area (Å²) in [7, 11) is 1.65. The largest absolute Gasteiger partial charge is 0.496 e. The zero-order valence-electron chi connectivity index (χ0n) is 14.2. The smallest absolute Gasteiger partial charge is 0.206 e. The van der Waals surface area contributed by atoms with Crippen molar-refractivity contribution in [2.24, 2.45) is 10.1 Å². The van der Waals surface area contributed by atoms with Crippen molar-refractivity contribution >= 4 is 17.6 Å². The summed E-state index contributed by atoms with van der Waals surface area (Å²) in [5.74, 6) is 1.51. The van der Waals surface area contributed by atoms with Crippen molar-refractivity contribution in [3.05, 3.63) is 70.6 Å². The van der Waals surface area contributed by atoms with Gasteiger partial charge in [0.2, 0.25) is 4.80 Å². The molecule has 0 saturated heterocycles. The molecule has 0 aliphatic heterocycles. The first-order valence-corrected chi connectivity index (χ1v) is 8.63. The van der Waals surface area contributed by atoms with Crippen LogP contribution in [0.25, 0.3) is 11.5 Å². The maximum Gasteiger partial charge on any atom is 0.206 e. The van der Waals surface area contributed by atoms with E-state index in [1.807, 2.05) is 48.7 Å². The number of ether oxygens (including phenoxy) is 1. The van der Waals surface area contributed by atoms with Crippen molar-refractivity contribution in [1.82, 2.24) is 4.68 Å². The topological polar surface area (TPSA) is 52.0 Å². The van der Waals surface area contributed by atoms with Crippen LogP contribution in [-0.2, 0) is 0 Å². The third kappa shape index (κ3) is 3.97. The number of rotatable bonds is 6. The van der Waals surface area contributed by atoms with Gasteiger partial charge in [0.1, 0.15) is 11.4 Å². The van der Waals surface area contributed by atoms with E-state index in [0.29, 0.717) is 6.54 Å². The maximum atomic E-state index is 5.52. The van der Waals surface area contributed by atoms with E-state index in [-0.39, 0.29) is 0 Å². The summed E-state index contributed by atoms with van der Waals surface area (Å²) in [5, 5.41) is 6.60. The Morgan fingerprint density at radius 1 is 1.32 bits per heavy atom. The Morgan fingerprint density at radius 3 is 2.88 bits per heavy atom. The van der Waals surface area contributed by atoms with Crippen LogP contribution in [0.4, 0.5) is 0 Å². The zero-order chi connectivity index (χ0) is 17.6. The molecule has 0 saturated carbocycles. The Bertz CT molecular complexity index is 949. The molecule has 2 heterocycles. The third-order valence-corrected chi connectivity index (χ3v) is 4.25. The number of hydrogen-bond acceptors (Lipinski definition) is 5. The summed E-state index contributed by atoms with van der Waals surface area (Å²) in [6.07, 6.45) is 3.41. The van der Waals surface area contributed by atoms with Gasteiger partial charge in [-0.3, -0.25) is 4.99 Å². The molecule has 25 heavy (non-hydrogen) atoms. The highest BCUT2D eigenvalue weighted by Gasteiger charge is 2.10. The van der Waals surface area contributed by atoms with E-state index in [9.17, 15) is 0 Å². The second-order valence-electron chi connectivity index (χ2n) is 5.45. The molecule has 0 aliphatic rings. The van der Waals surface area contributed by atoms with Gasteiger partial charge in [-0.15, -0.1) is 11.3 Å². The summed E-state index contributed by atoms with van der Waals surface area (Å²) in [5.41, 5.74) is 2.73. The van der Waals surface area contributed by atoms with Gasteiger partial charge in [0.25, 0.3) is 0 Å². The van der Waals surface area contributed by atoms with Crippen molar-refractivity contribution < 1.29 is 9.15 Å². The monoisotopic (exact) mass is 353 g/mol. The van der Waals surface area contributed by atoms with Crippen molar-refractivity contribution in [1.29, 1.82) is 0 Å². The molecule has 128 valence electrons. The van der Waals surface area contributed by atoms with Gasteiger partial charge in [-0.25, -0.2) is 4.68 Å². The first-order chi connectivity index (χ1) is 12.2. The minimum atomic E-state index is 0.558. The van der Waals surface area contributed by atoms with E-state index in [4.69, 9.17) is 9.15 Å². The fourth-order valence-corrected chi connectivity index (χ4v) is 3.03. The van der Waals surface area contributed by atoms with Gasteiger partial charge in [-0.1, -0.05) is 24.3 Å². The van der Waals surface area contributed by atoms with Crippen LogP contribution in [0.15, 0.2) is 74.7 Å². The summed E-state index contributed by atoms with van der Waals surface area (Å²) in [6, 6.07) is 11.5. The molecule has 0 bridgehead atoms. The Hall–Kier alpha value is -2.86. The molecule has 5 nitrogen and oxygen atoms in total. The quantitative estimate of drug-likeness (QED) is 0.493. The van der Waals surface area contributed by atoms with E-state index in [2.05, 4.69) is 16.7 Å². The number of hydrogen-bond donors (Lipinski definition) is 0. The fourth-order valence-electron chi connectivity index (χ4n) is 2.21. The molecule has 0 radical (unpaired) electrons. The minimum absolute atomic E-state index is 0.558. The molecule has 1 aromatic carbocycles. The van der Waals surface area contributed by atoms with E-state index >= 15 is 0 Å². The molecule has 2 aromatic heterocycles. The number of nitrogens with zero attached hydrogens (tertiary/aromatic N) is 3. The Kier molecular flexibility index (Phi) is 5.30. The normalized spacial score (nSPS) is 12.0. The lowest BCUT2D eigenvalue weighted by Gasteiger charge is -2.04. The highest BCUT2D eigenvalue weighted by Crippen LogP contribution is 2.21. The fraction of sp³-hybridized carbons (Fsp3) is 0.158. The van der Waals surface area contributed by atoms with Gasteiger partial charge >= 0.3 is 0 Å². The Balaban J connectivity index is 2.06. The van der Waals surface area contributed by atoms with Crippen LogP contribution in [0.3, 0.4) is 0 Å². The number of para-hydroxylation sites is 1. The van der Waals surface area contributed by atoms with Crippen molar-refractivity contribution in [3.63, 3.8) is 0 Å². The van der Waals surface area contributed by atoms with Crippen LogP contribution in [0.1, 0.15) is 12.5 Å². The van der Waals surface area contributed by atoms with Gasteiger partial charge in [-0.2, -0.15) is 5.10 Å². The molecule has 0 spiro atoms. The summed E-state index contributed by atoms with van der Waals surface area (Å²) < 4.78 is 12.7. The summed E-state index contributed by atoms with van der Waals surface area (Å²) >= 11 is 1.51. The lowest BCUT2D eigenvalue weighted by molar-refractivity contribution is 0.414. The average molecular weight is 353 g/mol. The minimum Gasteiger partial charge on any atom is -0.496 e. The van der Waals surface area contributed by atoms with Gasteiger partial charge in [-0.05, 0) is 31.2 Å². The predicted octanol–water partition coefficient (Wildman–Crippen LogP) is 4.18. The molecule has 3 rings (SSSR count). The molecular formula is C19H19N3O2S. The Labute approximate surface area is 150 Å². The highest BCUT2D eigenvalue weighted by molar-refractivity contribution is 7.07. The second kappa shape index (κ2) is 7.81. The Morgan fingerprint density at radius 2 is 2.16 bits per heavy atom. The zero-order valence-corrected chi connectivity index (χ0v) is 15.0. The molecule has 3 aromatic rings. The van der Waals surface area contributed by atoms with E-state index < -0.39 is 0 Å². The first-order valence-electron chi connectivity index (χ1n) is 7.75. The molecule has 0 aliphatic carbocycles. The summed E-state index contributed by atoms with van der Waals surface area (Å²) in [6.45, 7) is 6.41. The molecule has 6 heteroatoms. The van der Waals surface area contributed by atoms with Gasteiger partial charge in [0, 0.05) is 10.9 Å². The number of furan rings is 1. The molecule has 0 amide bonds. The van der Waals surface area contributed by atoms with Crippen LogP contribution in [0, 0.1) is 0 Å². The number of thiazole rings is 1. The van der Waals surface area contributed by atoms with Crippen LogP contribution in [-0.4, -0.2) is 24.5 Å². The van der Waals surface area contributed by atoms with Crippen molar-refractivity contribution in [2.45, 2.75) is 6.92 Å². The van der Waals surface area contributed by atoms with Crippen LogP contribution < -0.4 is 9.54 Å². The van der Waals surface area contributed by atoms with Crippen LogP contribution in [0.5, 0.6) is 5.75 Å². The standard InChI is InChI=1S/C19H19N3O2S/c1-14(2)11-20-19-22(16(13-25-19)18-9-6-10-24-18)21-12-15-7-4-5-8-17(15)23-3/h4-10,12-13H,1,11H2,2-3H3. The molecule has 0 N–H and O–H groups in total. The second-order valence-corrected chi connectivity index (χ2v) is 6.29. The lowest BCUT2D eigenvalue weighted by atomic mass is 10.2. The van der Waals surface area contributed by atoms with Crippen LogP contribution in [0.2, 0.25) is 0 Å². The maximum absolute atomic E-state index is 5.52. The lowest BCUT2D eigenvalue weighted by Crippen LogP contribution is -2.13. The van der Waals surface area contributed by atoms with E-state index in [1.165, 1.54) is 11.3 Å². The highest BCUT2D eigenvalue weighted by atomic mass is 32.1. The van der Waals surface area contributed by atoms with Crippen molar-refractivity contribution in [3.8, 4) is 17.2 Å². The van der Waals surface area contributed by atoms with E-state index in [0.717, 1.165) is 33.1 Å². The number of methoxy groups -OCH3 is 1. The van der Waals surface area contributed by atoms with Crippen molar-refractivity contribution in [2.75, 3.05) is 13.7 Å². The van der Waals surface area contributed by atoms with Gasteiger partial charge < -0.3 is 9.15 Å². The van der Waals surface area contributed by atoms with E-state index in [1.54, 1.807) is 24.3 Å². The number of benzene rings is 1. The molecule has 0 fully saturated rings. The van der Waals surface area contributed by atoms with Gasteiger partial charge in [0.05, 0.1) is 26.1 Å². The average Bonchev–Trinajstić information content (AvgIpc) is 3.27. The number of aromatic nitrogens is 1. The molecule has 0 unspecified atom stereocenters. The van der Waals surface area contributed by atoms with Gasteiger partial charge in [0.15, 0.2) is 5.76 Å². The SMILES string of the molecule is C=C(C)CN=c1scc(-c2ccco2)n1N=Cc1ccccc1OC. The predicted molar refractivity (Wildman–Crippen MR) is 101 cm³/mol.